The van der Waals surface area contributed by atoms with Crippen LogP contribution in [0.2, 0.25) is 0 Å². The monoisotopic (exact) mass is 274 g/mol. The number of hydrogen-bond donors (Lipinski definition) is 0. The van der Waals surface area contributed by atoms with Crippen LogP contribution >= 0.6 is 0 Å². The molecule has 3 heterocycles. The Labute approximate surface area is 119 Å². The Morgan fingerprint density at radius 2 is 2.00 bits per heavy atom. The molecule has 1 fully saturated rings. The van der Waals surface area contributed by atoms with Crippen LogP contribution in [0.1, 0.15) is 70.1 Å². The van der Waals surface area contributed by atoms with Gasteiger partial charge in [0, 0.05) is 12.5 Å². The molecule has 1 atom stereocenters. The van der Waals surface area contributed by atoms with Crippen molar-refractivity contribution in [1.82, 2.24) is 19.5 Å². The molecule has 1 aliphatic rings. The molecule has 1 unspecified atom stereocenters. The van der Waals surface area contributed by atoms with Gasteiger partial charge in [0.2, 0.25) is 0 Å². The predicted molar refractivity (Wildman–Crippen MR) is 77.7 cm³/mol. The molecule has 1 aliphatic heterocycles. The molecule has 0 N–H and O–H groups in total. The Kier molecular flexibility index (Phi) is 3.46. The van der Waals surface area contributed by atoms with Gasteiger partial charge in [-0.3, -0.25) is 4.57 Å². The smallest absolute Gasteiger partial charge is 0.165 e. The summed E-state index contributed by atoms with van der Waals surface area (Å²) in [6.07, 6.45) is 4.06. The van der Waals surface area contributed by atoms with Crippen molar-refractivity contribution in [2.75, 3.05) is 6.61 Å². The minimum atomic E-state index is 0.0786. The van der Waals surface area contributed by atoms with E-state index in [-0.39, 0.29) is 6.23 Å². The first kappa shape index (κ1) is 13.5. The van der Waals surface area contributed by atoms with Crippen LogP contribution in [0.4, 0.5) is 0 Å². The zero-order valence-electron chi connectivity index (χ0n) is 12.6. The fourth-order valence-corrected chi connectivity index (χ4v) is 2.61. The minimum absolute atomic E-state index is 0.0786. The van der Waals surface area contributed by atoms with Crippen LogP contribution < -0.4 is 0 Å². The quantitative estimate of drug-likeness (QED) is 0.861. The number of imidazole rings is 1. The Hall–Kier alpha value is -1.49. The van der Waals surface area contributed by atoms with E-state index in [1.165, 1.54) is 0 Å². The molecule has 2 aromatic heterocycles. The normalized spacial score (nSPS) is 19.6. The van der Waals surface area contributed by atoms with Crippen LogP contribution in [-0.2, 0) is 4.74 Å². The average Bonchev–Trinajstić information content (AvgIpc) is 3.05. The molecule has 20 heavy (non-hydrogen) atoms. The zero-order chi connectivity index (χ0) is 14.3. The van der Waals surface area contributed by atoms with Crippen LogP contribution in [0, 0.1) is 0 Å². The lowest BCUT2D eigenvalue weighted by molar-refractivity contribution is 0.0592. The van der Waals surface area contributed by atoms with Gasteiger partial charge in [0.25, 0.3) is 0 Å². The van der Waals surface area contributed by atoms with Crippen LogP contribution in [0.3, 0.4) is 0 Å². The highest BCUT2D eigenvalue weighted by Crippen LogP contribution is 2.29. The van der Waals surface area contributed by atoms with Gasteiger partial charge in [0.05, 0.1) is 12.0 Å². The summed E-state index contributed by atoms with van der Waals surface area (Å²) >= 11 is 0. The summed E-state index contributed by atoms with van der Waals surface area (Å²) in [4.78, 5) is 14.0. The molecular formula is C15H22N4O. The highest BCUT2D eigenvalue weighted by Gasteiger charge is 2.23. The SMILES string of the molecule is CC(C)c1nc(C(C)C)c2ncn(C3CCCO3)c2n1. The van der Waals surface area contributed by atoms with E-state index in [0.29, 0.717) is 11.8 Å². The molecule has 3 rings (SSSR count). The van der Waals surface area contributed by atoms with Gasteiger partial charge in [-0.05, 0) is 18.8 Å². The Morgan fingerprint density at radius 1 is 1.20 bits per heavy atom. The Balaban J connectivity index is 2.19. The van der Waals surface area contributed by atoms with Crippen molar-refractivity contribution in [2.45, 2.75) is 58.6 Å². The molecule has 2 aromatic rings. The first-order chi connectivity index (χ1) is 9.58. The van der Waals surface area contributed by atoms with Gasteiger partial charge in [-0.25, -0.2) is 15.0 Å². The summed E-state index contributed by atoms with van der Waals surface area (Å²) in [6.45, 7) is 9.37. The minimum Gasteiger partial charge on any atom is -0.358 e. The molecule has 0 bridgehead atoms. The highest BCUT2D eigenvalue weighted by atomic mass is 16.5. The van der Waals surface area contributed by atoms with Gasteiger partial charge in [0.1, 0.15) is 17.6 Å². The Morgan fingerprint density at radius 3 is 2.60 bits per heavy atom. The fraction of sp³-hybridized carbons (Fsp3) is 0.667. The molecule has 108 valence electrons. The second-order valence-electron chi connectivity index (χ2n) is 6.07. The molecule has 0 aliphatic carbocycles. The average molecular weight is 274 g/mol. The number of hydrogen-bond acceptors (Lipinski definition) is 4. The third kappa shape index (κ3) is 2.20. The van der Waals surface area contributed by atoms with E-state index < -0.39 is 0 Å². The first-order valence-electron chi connectivity index (χ1n) is 7.44. The van der Waals surface area contributed by atoms with Gasteiger partial charge in [-0.1, -0.05) is 27.7 Å². The van der Waals surface area contributed by atoms with E-state index in [1.54, 1.807) is 0 Å². The van der Waals surface area contributed by atoms with E-state index in [0.717, 1.165) is 42.1 Å². The van der Waals surface area contributed by atoms with Crippen molar-refractivity contribution in [2.24, 2.45) is 0 Å². The number of nitrogens with zero attached hydrogens (tertiary/aromatic N) is 4. The lowest BCUT2D eigenvalue weighted by atomic mass is 10.1. The molecule has 0 spiro atoms. The topological polar surface area (TPSA) is 52.8 Å². The van der Waals surface area contributed by atoms with E-state index in [9.17, 15) is 0 Å². The van der Waals surface area contributed by atoms with Crippen LogP contribution in [-0.4, -0.2) is 26.1 Å². The van der Waals surface area contributed by atoms with Gasteiger partial charge in [0.15, 0.2) is 5.65 Å². The standard InChI is InChI=1S/C15H22N4O/c1-9(2)12-13-15(18-14(17-12)10(3)4)19(8-16-13)11-6-5-7-20-11/h8-11H,5-7H2,1-4H3. The molecule has 5 nitrogen and oxygen atoms in total. The Bertz CT molecular complexity index is 612. The maximum atomic E-state index is 5.77. The third-order valence-corrected chi connectivity index (χ3v) is 3.74. The number of fused-ring (bicyclic) bond motifs is 1. The second-order valence-corrected chi connectivity index (χ2v) is 6.07. The maximum absolute atomic E-state index is 5.77. The number of rotatable bonds is 3. The van der Waals surface area contributed by atoms with Crippen molar-refractivity contribution in [3.05, 3.63) is 17.8 Å². The summed E-state index contributed by atoms with van der Waals surface area (Å²) in [7, 11) is 0. The maximum Gasteiger partial charge on any atom is 0.165 e. The van der Waals surface area contributed by atoms with Crippen LogP contribution in [0.15, 0.2) is 6.33 Å². The van der Waals surface area contributed by atoms with Crippen molar-refractivity contribution < 1.29 is 4.74 Å². The molecule has 1 saturated heterocycles. The summed E-state index contributed by atoms with van der Waals surface area (Å²) in [5.41, 5.74) is 2.87. The largest absolute Gasteiger partial charge is 0.358 e. The molecule has 0 amide bonds. The zero-order valence-corrected chi connectivity index (χ0v) is 12.6. The first-order valence-corrected chi connectivity index (χ1v) is 7.44. The van der Waals surface area contributed by atoms with Gasteiger partial charge in [-0.2, -0.15) is 0 Å². The number of ether oxygens (including phenoxy) is 1. The van der Waals surface area contributed by atoms with Crippen LogP contribution in [0.25, 0.3) is 11.2 Å². The lowest BCUT2D eigenvalue weighted by Gasteiger charge is -2.14. The molecule has 0 radical (unpaired) electrons. The third-order valence-electron chi connectivity index (χ3n) is 3.74. The van der Waals surface area contributed by atoms with Crippen molar-refractivity contribution >= 4 is 11.2 Å². The highest BCUT2D eigenvalue weighted by molar-refractivity contribution is 5.74. The summed E-state index contributed by atoms with van der Waals surface area (Å²) in [6, 6.07) is 0. The van der Waals surface area contributed by atoms with E-state index in [4.69, 9.17) is 14.7 Å². The van der Waals surface area contributed by atoms with E-state index in [1.807, 2.05) is 6.33 Å². The second kappa shape index (κ2) is 5.13. The van der Waals surface area contributed by atoms with Crippen molar-refractivity contribution in [1.29, 1.82) is 0 Å². The summed E-state index contributed by atoms with van der Waals surface area (Å²) < 4.78 is 7.84. The van der Waals surface area contributed by atoms with Gasteiger partial charge in [-0.15, -0.1) is 0 Å². The van der Waals surface area contributed by atoms with Crippen LogP contribution in [0.5, 0.6) is 0 Å². The van der Waals surface area contributed by atoms with Crippen molar-refractivity contribution in [3.8, 4) is 0 Å². The number of aromatic nitrogens is 4. The van der Waals surface area contributed by atoms with E-state index in [2.05, 4.69) is 37.2 Å². The molecular weight excluding hydrogens is 252 g/mol. The summed E-state index contributed by atoms with van der Waals surface area (Å²) in [5, 5.41) is 0. The lowest BCUT2D eigenvalue weighted by Crippen LogP contribution is -2.10. The predicted octanol–water partition coefficient (Wildman–Crippen LogP) is 3.38. The van der Waals surface area contributed by atoms with E-state index >= 15 is 0 Å². The fourth-order valence-electron chi connectivity index (χ4n) is 2.61. The molecule has 0 saturated carbocycles. The molecule has 0 aromatic carbocycles. The van der Waals surface area contributed by atoms with Crippen molar-refractivity contribution in [3.63, 3.8) is 0 Å². The van der Waals surface area contributed by atoms with Gasteiger partial charge >= 0.3 is 0 Å². The van der Waals surface area contributed by atoms with Gasteiger partial charge < -0.3 is 4.74 Å². The summed E-state index contributed by atoms with van der Waals surface area (Å²) in [5.74, 6) is 1.54. The molecule has 5 heteroatoms.